The molecule has 0 fully saturated rings. The lowest BCUT2D eigenvalue weighted by Gasteiger charge is -2.06. The number of rotatable bonds is 3. The number of aryl methyl sites for hydroxylation is 1. The van der Waals surface area contributed by atoms with Crippen molar-refractivity contribution in [2.75, 3.05) is 7.11 Å². The van der Waals surface area contributed by atoms with E-state index in [9.17, 15) is 4.79 Å². The molecule has 0 aliphatic heterocycles. The maximum Gasteiger partial charge on any atom is 0.328 e. The van der Waals surface area contributed by atoms with E-state index in [0.717, 1.165) is 5.56 Å². The van der Waals surface area contributed by atoms with Gasteiger partial charge in [-0.1, -0.05) is 6.07 Å². The van der Waals surface area contributed by atoms with Crippen LogP contribution in [-0.4, -0.2) is 21.2 Å². The van der Waals surface area contributed by atoms with Gasteiger partial charge >= 0.3 is 5.69 Å². The fraction of sp³-hybridized carbons (Fsp3) is 0.273. The smallest absolute Gasteiger partial charge is 0.328 e. The minimum absolute atomic E-state index is 0.0501. The quantitative estimate of drug-likeness (QED) is 0.761. The fourth-order valence-corrected chi connectivity index (χ4v) is 1.54. The number of methoxy groups -OCH3 is 1. The molecule has 0 saturated carbocycles. The highest BCUT2D eigenvalue weighted by molar-refractivity contribution is 5.25. The van der Waals surface area contributed by atoms with Gasteiger partial charge in [-0.05, 0) is 6.07 Å². The van der Waals surface area contributed by atoms with Crippen molar-refractivity contribution in [3.63, 3.8) is 0 Å². The summed E-state index contributed by atoms with van der Waals surface area (Å²) in [7, 11) is 3.29. The lowest BCUT2D eigenvalue weighted by Crippen LogP contribution is -2.22. The van der Waals surface area contributed by atoms with Crippen molar-refractivity contribution >= 4 is 0 Å². The summed E-state index contributed by atoms with van der Waals surface area (Å²) in [5.74, 6) is 0.554. The van der Waals surface area contributed by atoms with E-state index < -0.39 is 0 Å². The van der Waals surface area contributed by atoms with Gasteiger partial charge in [-0.25, -0.2) is 9.78 Å². The van der Waals surface area contributed by atoms with Gasteiger partial charge in [0.05, 0.1) is 13.7 Å². The first kappa shape index (κ1) is 10.5. The van der Waals surface area contributed by atoms with Gasteiger partial charge in [-0.15, -0.1) is 0 Å². The van der Waals surface area contributed by atoms with E-state index in [2.05, 4.69) is 4.98 Å². The summed E-state index contributed by atoms with van der Waals surface area (Å²) in [6.07, 6.45) is 5.13. The van der Waals surface area contributed by atoms with Crippen LogP contribution in [0.2, 0.25) is 0 Å². The molecule has 0 unspecified atom stereocenters. The summed E-state index contributed by atoms with van der Waals surface area (Å²) in [6.45, 7) is 0.469. The normalized spacial score (nSPS) is 10.4. The predicted octanol–water partition coefficient (Wildman–Crippen LogP) is 0.639. The summed E-state index contributed by atoms with van der Waals surface area (Å²) < 4.78 is 8.27. The number of ether oxygens (including phenoxy) is 1. The Balaban J connectivity index is 2.34. The average molecular weight is 219 g/mol. The minimum atomic E-state index is -0.0501. The van der Waals surface area contributed by atoms with Crippen LogP contribution in [0, 0.1) is 0 Å². The van der Waals surface area contributed by atoms with Crippen LogP contribution < -0.4 is 10.4 Å². The molecule has 84 valence electrons. The van der Waals surface area contributed by atoms with E-state index in [-0.39, 0.29) is 5.69 Å². The van der Waals surface area contributed by atoms with Crippen molar-refractivity contribution in [2.24, 2.45) is 7.05 Å². The Labute approximate surface area is 92.9 Å². The Bertz CT molecular complexity index is 542. The van der Waals surface area contributed by atoms with Gasteiger partial charge in [0.1, 0.15) is 0 Å². The molecule has 0 saturated heterocycles. The highest BCUT2D eigenvalue weighted by Gasteiger charge is 2.06. The third kappa shape index (κ3) is 1.84. The van der Waals surface area contributed by atoms with Crippen LogP contribution in [0.1, 0.15) is 5.56 Å². The molecule has 2 aromatic heterocycles. The van der Waals surface area contributed by atoms with Crippen molar-refractivity contribution < 1.29 is 4.74 Å². The second-order valence-electron chi connectivity index (χ2n) is 3.49. The molecule has 2 rings (SSSR count). The number of hydrogen-bond donors (Lipinski definition) is 0. The van der Waals surface area contributed by atoms with E-state index in [0.29, 0.717) is 12.4 Å². The Morgan fingerprint density at radius 1 is 1.44 bits per heavy atom. The summed E-state index contributed by atoms with van der Waals surface area (Å²) >= 11 is 0. The van der Waals surface area contributed by atoms with Crippen LogP contribution in [0.15, 0.2) is 35.5 Å². The first-order chi connectivity index (χ1) is 7.72. The van der Waals surface area contributed by atoms with E-state index in [1.165, 1.54) is 4.57 Å². The van der Waals surface area contributed by atoms with Crippen LogP contribution in [0.25, 0.3) is 0 Å². The second-order valence-corrected chi connectivity index (χ2v) is 3.49. The standard InChI is InChI=1S/C11H13N3O2/c1-13-6-7-14(11(13)15)8-9-4-3-5-12-10(9)16-2/h3-7H,8H2,1-2H3. The Kier molecular flexibility index (Phi) is 2.76. The second kappa shape index (κ2) is 4.22. The van der Waals surface area contributed by atoms with Crippen LogP contribution >= 0.6 is 0 Å². The average Bonchev–Trinajstić information content (AvgIpc) is 2.62. The van der Waals surface area contributed by atoms with Gasteiger partial charge in [-0.2, -0.15) is 0 Å². The zero-order chi connectivity index (χ0) is 11.5. The molecule has 0 atom stereocenters. The lowest BCUT2D eigenvalue weighted by molar-refractivity contribution is 0.391. The minimum Gasteiger partial charge on any atom is -0.481 e. The van der Waals surface area contributed by atoms with Crippen molar-refractivity contribution in [2.45, 2.75) is 6.54 Å². The van der Waals surface area contributed by atoms with E-state index >= 15 is 0 Å². The van der Waals surface area contributed by atoms with Gasteiger partial charge in [0.25, 0.3) is 0 Å². The summed E-state index contributed by atoms with van der Waals surface area (Å²) in [5.41, 5.74) is 0.837. The van der Waals surface area contributed by atoms with Gasteiger partial charge in [0, 0.05) is 31.2 Å². The first-order valence-corrected chi connectivity index (χ1v) is 4.92. The molecule has 5 nitrogen and oxygen atoms in total. The third-order valence-electron chi connectivity index (χ3n) is 2.40. The summed E-state index contributed by atoms with van der Waals surface area (Å²) in [5, 5.41) is 0. The molecule has 5 heteroatoms. The molecule has 0 aliphatic rings. The zero-order valence-electron chi connectivity index (χ0n) is 9.25. The van der Waals surface area contributed by atoms with E-state index in [4.69, 9.17) is 4.74 Å². The van der Waals surface area contributed by atoms with Crippen LogP contribution in [0.5, 0.6) is 5.88 Å². The van der Waals surface area contributed by atoms with Crippen molar-refractivity contribution in [3.8, 4) is 5.88 Å². The zero-order valence-corrected chi connectivity index (χ0v) is 9.25. The summed E-state index contributed by atoms with van der Waals surface area (Å²) in [4.78, 5) is 15.7. The molecule has 0 radical (unpaired) electrons. The Morgan fingerprint density at radius 3 is 2.88 bits per heavy atom. The van der Waals surface area contributed by atoms with Crippen molar-refractivity contribution in [1.82, 2.24) is 14.1 Å². The number of aromatic nitrogens is 3. The molecule has 2 aromatic rings. The van der Waals surface area contributed by atoms with E-state index in [1.807, 2.05) is 12.1 Å². The molecule has 2 heterocycles. The van der Waals surface area contributed by atoms with Gasteiger partial charge in [0.2, 0.25) is 5.88 Å². The SMILES string of the molecule is COc1ncccc1Cn1ccn(C)c1=O. The Hall–Kier alpha value is -2.04. The molecule has 16 heavy (non-hydrogen) atoms. The van der Waals surface area contributed by atoms with Gasteiger partial charge in [0.15, 0.2) is 0 Å². The number of pyridine rings is 1. The topological polar surface area (TPSA) is 49.0 Å². The molecule has 0 bridgehead atoms. The monoisotopic (exact) mass is 219 g/mol. The number of nitrogens with zero attached hydrogens (tertiary/aromatic N) is 3. The van der Waals surface area contributed by atoms with Crippen LogP contribution in [0.3, 0.4) is 0 Å². The van der Waals surface area contributed by atoms with Gasteiger partial charge in [-0.3, -0.25) is 4.57 Å². The van der Waals surface area contributed by atoms with E-state index in [1.54, 1.807) is 37.3 Å². The van der Waals surface area contributed by atoms with Crippen molar-refractivity contribution in [3.05, 3.63) is 46.8 Å². The molecular formula is C11H13N3O2. The van der Waals surface area contributed by atoms with Crippen LogP contribution in [0.4, 0.5) is 0 Å². The fourth-order valence-electron chi connectivity index (χ4n) is 1.54. The maximum atomic E-state index is 11.6. The third-order valence-corrected chi connectivity index (χ3v) is 2.40. The predicted molar refractivity (Wildman–Crippen MR) is 59.6 cm³/mol. The highest BCUT2D eigenvalue weighted by Crippen LogP contribution is 2.13. The first-order valence-electron chi connectivity index (χ1n) is 4.92. The molecule has 0 aromatic carbocycles. The molecule has 0 N–H and O–H groups in total. The van der Waals surface area contributed by atoms with Gasteiger partial charge < -0.3 is 9.30 Å². The molecule has 0 aliphatic carbocycles. The molecule has 0 amide bonds. The molecular weight excluding hydrogens is 206 g/mol. The maximum absolute atomic E-state index is 11.6. The number of hydrogen-bond acceptors (Lipinski definition) is 3. The Morgan fingerprint density at radius 2 is 2.25 bits per heavy atom. The largest absolute Gasteiger partial charge is 0.481 e. The molecule has 0 spiro atoms. The summed E-state index contributed by atoms with van der Waals surface area (Å²) in [6, 6.07) is 3.72. The number of imidazole rings is 1. The highest BCUT2D eigenvalue weighted by atomic mass is 16.5. The lowest BCUT2D eigenvalue weighted by atomic mass is 10.2. The van der Waals surface area contributed by atoms with Crippen LogP contribution in [-0.2, 0) is 13.6 Å². The van der Waals surface area contributed by atoms with Crippen molar-refractivity contribution in [1.29, 1.82) is 0 Å².